The van der Waals surface area contributed by atoms with Gasteiger partial charge in [0.15, 0.2) is 0 Å². The summed E-state index contributed by atoms with van der Waals surface area (Å²) in [7, 11) is 0. The van der Waals surface area contributed by atoms with Gasteiger partial charge in [0, 0.05) is 11.8 Å². The average Bonchev–Trinajstić information content (AvgIpc) is 2.45. The van der Waals surface area contributed by atoms with Crippen molar-refractivity contribution in [1.29, 1.82) is 0 Å². The van der Waals surface area contributed by atoms with E-state index in [2.05, 4.69) is 15.0 Å². The number of nitrogens with one attached hydrogen (secondary N) is 1. The molecule has 0 bridgehead atoms. The molecule has 2 aromatic rings. The molecule has 0 aliphatic carbocycles. The van der Waals surface area contributed by atoms with Gasteiger partial charge in [0.1, 0.15) is 11.6 Å². The molecule has 1 atom stereocenters. The fraction of sp³-hybridized carbons (Fsp3) is 0.267. The summed E-state index contributed by atoms with van der Waals surface area (Å²) in [5.41, 5.74) is 1.04. The van der Waals surface area contributed by atoms with Gasteiger partial charge in [-0.1, -0.05) is 19.1 Å². The van der Waals surface area contributed by atoms with E-state index in [-0.39, 0.29) is 5.75 Å². The van der Waals surface area contributed by atoms with Gasteiger partial charge in [-0.05, 0) is 30.3 Å². The van der Waals surface area contributed by atoms with Gasteiger partial charge >= 0.3 is 6.61 Å². The second kappa shape index (κ2) is 7.08. The summed E-state index contributed by atoms with van der Waals surface area (Å²) in [4.78, 5) is 3.71. The normalized spacial score (nSPS) is 12.4. The maximum absolute atomic E-state index is 13.9. The standard InChI is InChI=1S/C15H15F3N2O/c1-2-20-14(12-6-7-19-9-13(12)16)10-4-3-5-11(8-10)21-15(17)18/h3-9,14-15,20H,2H2,1H3. The smallest absolute Gasteiger partial charge is 0.387 e. The molecule has 1 heterocycles. The first-order chi connectivity index (χ1) is 10.1. The molecule has 0 spiro atoms. The average molecular weight is 296 g/mol. The Morgan fingerprint density at radius 3 is 2.76 bits per heavy atom. The summed E-state index contributed by atoms with van der Waals surface area (Å²) in [6.07, 6.45) is 2.61. The molecule has 1 aromatic carbocycles. The SMILES string of the molecule is CCNC(c1cccc(OC(F)F)c1)c1ccncc1F. The van der Waals surface area contributed by atoms with Crippen LogP contribution in [0, 0.1) is 5.82 Å². The van der Waals surface area contributed by atoms with E-state index in [1.165, 1.54) is 18.3 Å². The molecule has 0 amide bonds. The molecular formula is C15H15F3N2O. The number of alkyl halides is 2. The van der Waals surface area contributed by atoms with Gasteiger partial charge in [-0.25, -0.2) is 4.39 Å². The Morgan fingerprint density at radius 2 is 2.10 bits per heavy atom. The lowest BCUT2D eigenvalue weighted by Gasteiger charge is -2.20. The van der Waals surface area contributed by atoms with Gasteiger partial charge in [0.2, 0.25) is 0 Å². The number of benzene rings is 1. The summed E-state index contributed by atoms with van der Waals surface area (Å²) in [6.45, 7) is -0.423. The van der Waals surface area contributed by atoms with Gasteiger partial charge in [-0.15, -0.1) is 0 Å². The molecule has 2 rings (SSSR count). The van der Waals surface area contributed by atoms with Crippen molar-refractivity contribution in [2.75, 3.05) is 6.54 Å². The highest BCUT2D eigenvalue weighted by molar-refractivity contribution is 5.36. The van der Waals surface area contributed by atoms with E-state index >= 15 is 0 Å². The zero-order valence-corrected chi connectivity index (χ0v) is 11.4. The second-order valence-electron chi connectivity index (χ2n) is 4.34. The zero-order valence-electron chi connectivity index (χ0n) is 11.4. The highest BCUT2D eigenvalue weighted by Crippen LogP contribution is 2.27. The molecule has 0 aliphatic heterocycles. The molecule has 0 aliphatic rings. The molecule has 3 nitrogen and oxygen atoms in total. The monoisotopic (exact) mass is 296 g/mol. The summed E-state index contributed by atoms with van der Waals surface area (Å²) in [6, 6.07) is 7.32. The van der Waals surface area contributed by atoms with E-state index in [0.717, 1.165) is 6.20 Å². The summed E-state index contributed by atoms with van der Waals surface area (Å²) >= 11 is 0. The summed E-state index contributed by atoms with van der Waals surface area (Å²) < 4.78 is 42.9. The number of hydrogen-bond donors (Lipinski definition) is 1. The Balaban J connectivity index is 2.36. The quantitative estimate of drug-likeness (QED) is 0.885. The maximum Gasteiger partial charge on any atom is 0.387 e. The van der Waals surface area contributed by atoms with Crippen LogP contribution in [0.15, 0.2) is 42.7 Å². The number of aromatic nitrogens is 1. The first kappa shape index (κ1) is 15.3. The van der Waals surface area contributed by atoms with E-state index in [1.807, 2.05) is 6.92 Å². The van der Waals surface area contributed by atoms with Gasteiger partial charge < -0.3 is 10.1 Å². The fourth-order valence-corrected chi connectivity index (χ4v) is 2.10. The van der Waals surface area contributed by atoms with Crippen LogP contribution < -0.4 is 10.1 Å². The van der Waals surface area contributed by atoms with Gasteiger partial charge in [-0.2, -0.15) is 8.78 Å². The van der Waals surface area contributed by atoms with Crippen molar-refractivity contribution < 1.29 is 17.9 Å². The molecule has 6 heteroatoms. The third-order valence-corrected chi connectivity index (χ3v) is 2.94. The number of nitrogens with zero attached hydrogens (tertiary/aromatic N) is 1. The van der Waals surface area contributed by atoms with Crippen molar-refractivity contribution in [3.05, 3.63) is 59.7 Å². The number of ether oxygens (including phenoxy) is 1. The molecule has 0 fully saturated rings. The van der Waals surface area contributed by atoms with Crippen LogP contribution in [-0.4, -0.2) is 18.1 Å². The lowest BCUT2D eigenvalue weighted by atomic mass is 9.99. The predicted molar refractivity (Wildman–Crippen MR) is 72.8 cm³/mol. The summed E-state index contributed by atoms with van der Waals surface area (Å²) in [5.74, 6) is -0.413. The molecule has 1 unspecified atom stereocenters. The van der Waals surface area contributed by atoms with Gasteiger partial charge in [0.25, 0.3) is 0 Å². The second-order valence-corrected chi connectivity index (χ2v) is 4.34. The zero-order chi connectivity index (χ0) is 15.2. The topological polar surface area (TPSA) is 34.1 Å². The minimum atomic E-state index is -2.89. The van der Waals surface area contributed by atoms with E-state index in [0.29, 0.717) is 17.7 Å². The van der Waals surface area contributed by atoms with E-state index in [4.69, 9.17) is 0 Å². The van der Waals surface area contributed by atoms with E-state index in [9.17, 15) is 13.2 Å². The molecule has 21 heavy (non-hydrogen) atoms. The lowest BCUT2D eigenvalue weighted by molar-refractivity contribution is -0.0498. The molecule has 112 valence electrons. The Kier molecular flexibility index (Phi) is 5.16. The Labute approximate surface area is 120 Å². The third-order valence-electron chi connectivity index (χ3n) is 2.94. The van der Waals surface area contributed by atoms with Crippen LogP contribution in [0.3, 0.4) is 0 Å². The molecule has 1 aromatic heterocycles. The number of halogens is 3. The van der Waals surface area contributed by atoms with Crippen LogP contribution in [0.4, 0.5) is 13.2 Å². The van der Waals surface area contributed by atoms with Crippen LogP contribution in [0.25, 0.3) is 0 Å². The van der Waals surface area contributed by atoms with Gasteiger partial charge in [0.05, 0.1) is 12.2 Å². The predicted octanol–water partition coefficient (Wildman–Crippen LogP) is 3.52. The molecule has 1 N–H and O–H groups in total. The minimum absolute atomic E-state index is 0.0415. The van der Waals surface area contributed by atoms with Crippen LogP contribution in [0.1, 0.15) is 24.1 Å². The van der Waals surface area contributed by atoms with Crippen molar-refractivity contribution in [2.24, 2.45) is 0 Å². The summed E-state index contributed by atoms with van der Waals surface area (Å²) in [5, 5.41) is 3.13. The van der Waals surface area contributed by atoms with Crippen molar-refractivity contribution >= 4 is 0 Å². The number of rotatable bonds is 6. The molecule has 0 radical (unpaired) electrons. The van der Waals surface area contributed by atoms with Crippen LogP contribution in [0.2, 0.25) is 0 Å². The maximum atomic E-state index is 13.9. The van der Waals surface area contributed by atoms with Gasteiger partial charge in [-0.3, -0.25) is 4.98 Å². The number of hydrogen-bond acceptors (Lipinski definition) is 3. The molecular weight excluding hydrogens is 281 g/mol. The lowest BCUT2D eigenvalue weighted by Crippen LogP contribution is -2.23. The highest BCUT2D eigenvalue weighted by atomic mass is 19.3. The third kappa shape index (κ3) is 3.95. The Morgan fingerprint density at radius 1 is 1.29 bits per heavy atom. The first-order valence-electron chi connectivity index (χ1n) is 6.49. The van der Waals surface area contributed by atoms with E-state index < -0.39 is 18.5 Å². The largest absolute Gasteiger partial charge is 0.435 e. The Bertz CT molecular complexity index is 593. The van der Waals surface area contributed by atoms with Crippen molar-refractivity contribution in [2.45, 2.75) is 19.6 Å². The van der Waals surface area contributed by atoms with Crippen LogP contribution >= 0.6 is 0 Å². The fourth-order valence-electron chi connectivity index (χ4n) is 2.10. The first-order valence-corrected chi connectivity index (χ1v) is 6.49. The van der Waals surface area contributed by atoms with Crippen molar-refractivity contribution in [3.8, 4) is 5.75 Å². The highest BCUT2D eigenvalue weighted by Gasteiger charge is 2.18. The Hall–Kier alpha value is -2.08. The van der Waals surface area contributed by atoms with E-state index in [1.54, 1.807) is 18.2 Å². The van der Waals surface area contributed by atoms with Crippen molar-refractivity contribution in [3.63, 3.8) is 0 Å². The minimum Gasteiger partial charge on any atom is -0.435 e. The molecule has 0 saturated carbocycles. The molecule has 0 saturated heterocycles. The number of pyridine rings is 1. The van der Waals surface area contributed by atoms with Crippen LogP contribution in [-0.2, 0) is 0 Å². The van der Waals surface area contributed by atoms with Crippen LogP contribution in [0.5, 0.6) is 5.75 Å². The van der Waals surface area contributed by atoms with Crippen molar-refractivity contribution in [1.82, 2.24) is 10.3 Å².